The first-order valence-electron chi connectivity index (χ1n) is 7.17. The van der Waals surface area contributed by atoms with Crippen molar-refractivity contribution in [1.29, 1.82) is 0 Å². The van der Waals surface area contributed by atoms with Gasteiger partial charge in [0.15, 0.2) is 0 Å². The average molecular weight is 275 g/mol. The summed E-state index contributed by atoms with van der Waals surface area (Å²) in [6.45, 7) is 6.53. The maximum absolute atomic E-state index is 12.7. The van der Waals surface area contributed by atoms with Gasteiger partial charge < -0.3 is 9.73 Å². The molecule has 0 aromatic carbocycles. The molecule has 1 N–H and O–H groups in total. The van der Waals surface area contributed by atoms with Crippen molar-refractivity contribution in [1.82, 2.24) is 5.32 Å². The van der Waals surface area contributed by atoms with Gasteiger partial charge in [-0.3, -0.25) is 9.59 Å². The number of fused-ring (bicyclic) bond motifs is 2. The third-order valence-corrected chi connectivity index (χ3v) is 6.14. The zero-order chi connectivity index (χ0) is 14.6. The molecule has 2 bridgehead atoms. The standard InChI is InChI=1S/C16H21NO3/c1-14(2)15(3)6-7-16(14,9-12(15)18)13(19)17-10-11-5-4-8-20-11/h4-5,8H,6-7,9-10H2,1-3H3,(H,17,19)/t15-,16+/m0/s1. The molecule has 2 aliphatic rings. The van der Waals surface area contributed by atoms with Gasteiger partial charge in [-0.2, -0.15) is 0 Å². The van der Waals surface area contributed by atoms with Crippen molar-refractivity contribution in [2.24, 2.45) is 16.2 Å². The van der Waals surface area contributed by atoms with E-state index in [1.165, 1.54) is 0 Å². The SMILES string of the molecule is CC1(C)[C@]2(C(=O)NCc3ccco3)CC[C@@]1(C)C(=O)C2. The number of nitrogens with one attached hydrogen (secondary N) is 1. The first-order valence-corrected chi connectivity index (χ1v) is 7.17. The number of Topliss-reactive ketones (excluding diaryl/α,β-unsaturated/α-hetero) is 1. The molecule has 3 rings (SSSR count). The van der Waals surface area contributed by atoms with E-state index in [1.807, 2.05) is 13.0 Å². The smallest absolute Gasteiger partial charge is 0.227 e. The fourth-order valence-electron chi connectivity index (χ4n) is 4.11. The highest BCUT2D eigenvalue weighted by Crippen LogP contribution is 2.70. The summed E-state index contributed by atoms with van der Waals surface area (Å²) in [4.78, 5) is 25.0. The van der Waals surface area contributed by atoms with E-state index in [9.17, 15) is 9.59 Å². The van der Waals surface area contributed by atoms with Crippen LogP contribution in [0.4, 0.5) is 0 Å². The van der Waals surface area contributed by atoms with E-state index in [-0.39, 0.29) is 22.5 Å². The quantitative estimate of drug-likeness (QED) is 0.922. The van der Waals surface area contributed by atoms with Crippen LogP contribution in [0.2, 0.25) is 0 Å². The van der Waals surface area contributed by atoms with Crippen LogP contribution in [0, 0.1) is 16.2 Å². The van der Waals surface area contributed by atoms with Gasteiger partial charge in [0.05, 0.1) is 18.2 Å². The van der Waals surface area contributed by atoms with Crippen molar-refractivity contribution >= 4 is 11.7 Å². The van der Waals surface area contributed by atoms with Crippen molar-refractivity contribution < 1.29 is 14.0 Å². The molecule has 2 aliphatic carbocycles. The van der Waals surface area contributed by atoms with Gasteiger partial charge in [-0.05, 0) is 30.4 Å². The Labute approximate surface area is 118 Å². The van der Waals surface area contributed by atoms with Gasteiger partial charge in [0.1, 0.15) is 11.5 Å². The van der Waals surface area contributed by atoms with E-state index < -0.39 is 5.41 Å². The number of ketones is 1. The fourth-order valence-corrected chi connectivity index (χ4v) is 4.11. The lowest BCUT2D eigenvalue weighted by Crippen LogP contribution is -2.46. The summed E-state index contributed by atoms with van der Waals surface area (Å²) in [6.07, 6.45) is 3.58. The summed E-state index contributed by atoms with van der Waals surface area (Å²) >= 11 is 0. The lowest BCUT2D eigenvalue weighted by molar-refractivity contribution is -0.136. The minimum absolute atomic E-state index is 0.00604. The molecule has 0 spiro atoms. The molecular weight excluding hydrogens is 254 g/mol. The van der Waals surface area contributed by atoms with Crippen LogP contribution in [0.3, 0.4) is 0 Å². The molecule has 2 fully saturated rings. The maximum atomic E-state index is 12.7. The highest BCUT2D eigenvalue weighted by Gasteiger charge is 2.72. The summed E-state index contributed by atoms with van der Waals surface area (Å²) in [5, 5.41) is 2.95. The monoisotopic (exact) mass is 275 g/mol. The number of furan rings is 1. The molecule has 4 nitrogen and oxygen atoms in total. The number of hydrogen-bond acceptors (Lipinski definition) is 3. The van der Waals surface area contributed by atoms with Crippen LogP contribution in [0.15, 0.2) is 22.8 Å². The molecule has 1 amide bonds. The summed E-state index contributed by atoms with van der Waals surface area (Å²) in [5.74, 6) is 0.966. The van der Waals surface area contributed by atoms with Gasteiger partial charge >= 0.3 is 0 Å². The zero-order valence-corrected chi connectivity index (χ0v) is 12.3. The number of hydrogen-bond donors (Lipinski definition) is 1. The molecular formula is C16H21NO3. The van der Waals surface area contributed by atoms with Crippen LogP contribution in [0.1, 0.15) is 45.8 Å². The molecule has 0 aliphatic heterocycles. The molecule has 0 radical (unpaired) electrons. The van der Waals surface area contributed by atoms with Crippen LogP contribution in [-0.2, 0) is 16.1 Å². The number of carbonyl (C=O) groups excluding carboxylic acids is 2. The average Bonchev–Trinajstić information content (AvgIpc) is 3.01. The van der Waals surface area contributed by atoms with Gasteiger partial charge in [-0.1, -0.05) is 20.8 Å². The molecule has 0 unspecified atom stereocenters. The first kappa shape index (κ1) is 13.4. The lowest BCUT2D eigenvalue weighted by atomic mass is 9.64. The van der Waals surface area contributed by atoms with E-state index in [0.29, 0.717) is 13.0 Å². The molecule has 2 saturated carbocycles. The minimum atomic E-state index is -0.550. The normalized spacial score (nSPS) is 34.5. The third kappa shape index (κ3) is 1.42. The van der Waals surface area contributed by atoms with E-state index in [1.54, 1.807) is 12.3 Å². The van der Waals surface area contributed by atoms with E-state index in [0.717, 1.165) is 18.6 Å². The van der Waals surface area contributed by atoms with Crippen molar-refractivity contribution in [2.45, 2.75) is 46.6 Å². The predicted octanol–water partition coefficient (Wildman–Crippen LogP) is 2.68. The van der Waals surface area contributed by atoms with Crippen molar-refractivity contribution in [2.75, 3.05) is 0 Å². The highest BCUT2D eigenvalue weighted by atomic mass is 16.3. The Bertz CT molecular complexity index is 560. The maximum Gasteiger partial charge on any atom is 0.227 e. The molecule has 1 aromatic heterocycles. The minimum Gasteiger partial charge on any atom is -0.467 e. The second-order valence-electron chi connectivity index (χ2n) is 6.90. The molecule has 2 atom stereocenters. The Morgan fingerprint density at radius 2 is 2.10 bits per heavy atom. The molecule has 1 heterocycles. The van der Waals surface area contributed by atoms with E-state index >= 15 is 0 Å². The van der Waals surface area contributed by atoms with E-state index in [2.05, 4.69) is 19.2 Å². The molecule has 4 heteroatoms. The lowest BCUT2D eigenvalue weighted by Gasteiger charge is -2.38. The Morgan fingerprint density at radius 3 is 2.60 bits per heavy atom. The Kier molecular flexibility index (Phi) is 2.66. The fraction of sp³-hybridized carbons (Fsp3) is 0.625. The molecule has 108 valence electrons. The molecule has 20 heavy (non-hydrogen) atoms. The van der Waals surface area contributed by atoms with Crippen molar-refractivity contribution in [3.63, 3.8) is 0 Å². The summed E-state index contributed by atoms with van der Waals surface area (Å²) in [5.41, 5.74) is -1.19. The van der Waals surface area contributed by atoms with Crippen LogP contribution >= 0.6 is 0 Å². The number of rotatable bonds is 3. The second kappa shape index (κ2) is 3.96. The number of amides is 1. The van der Waals surface area contributed by atoms with Gasteiger partial charge in [-0.25, -0.2) is 0 Å². The Hall–Kier alpha value is -1.58. The van der Waals surface area contributed by atoms with E-state index in [4.69, 9.17) is 4.42 Å². The third-order valence-electron chi connectivity index (χ3n) is 6.14. The largest absolute Gasteiger partial charge is 0.467 e. The van der Waals surface area contributed by atoms with Gasteiger partial charge in [0, 0.05) is 11.8 Å². The van der Waals surface area contributed by atoms with Crippen LogP contribution in [0.5, 0.6) is 0 Å². The van der Waals surface area contributed by atoms with Gasteiger partial charge in [0.2, 0.25) is 5.91 Å². The Balaban J connectivity index is 1.82. The topological polar surface area (TPSA) is 59.3 Å². The van der Waals surface area contributed by atoms with Crippen molar-refractivity contribution in [3.8, 4) is 0 Å². The van der Waals surface area contributed by atoms with Crippen LogP contribution in [-0.4, -0.2) is 11.7 Å². The zero-order valence-electron chi connectivity index (χ0n) is 12.3. The van der Waals surface area contributed by atoms with Crippen molar-refractivity contribution in [3.05, 3.63) is 24.2 Å². The number of carbonyl (C=O) groups is 2. The second-order valence-corrected chi connectivity index (χ2v) is 6.90. The molecule has 0 saturated heterocycles. The van der Waals surface area contributed by atoms with Gasteiger partial charge in [-0.15, -0.1) is 0 Å². The predicted molar refractivity (Wildman–Crippen MR) is 73.7 cm³/mol. The summed E-state index contributed by atoms with van der Waals surface area (Å²) in [6, 6.07) is 3.64. The van der Waals surface area contributed by atoms with Crippen LogP contribution < -0.4 is 5.32 Å². The Morgan fingerprint density at radius 1 is 1.35 bits per heavy atom. The van der Waals surface area contributed by atoms with Crippen LogP contribution in [0.25, 0.3) is 0 Å². The summed E-state index contributed by atoms with van der Waals surface area (Å²) in [7, 11) is 0. The van der Waals surface area contributed by atoms with Gasteiger partial charge in [0.25, 0.3) is 0 Å². The summed E-state index contributed by atoms with van der Waals surface area (Å²) < 4.78 is 5.23. The highest BCUT2D eigenvalue weighted by molar-refractivity contribution is 5.99. The molecule has 1 aromatic rings. The first-order chi connectivity index (χ1) is 9.33.